The van der Waals surface area contributed by atoms with E-state index < -0.39 is 28.3 Å². The number of fused-ring (bicyclic) bond motifs is 1. The van der Waals surface area contributed by atoms with Gasteiger partial charge in [0.15, 0.2) is 11.5 Å². The Morgan fingerprint density at radius 3 is 2.53 bits per heavy atom. The van der Waals surface area contributed by atoms with Crippen LogP contribution in [0.25, 0.3) is 0 Å². The molecule has 1 aliphatic rings. The van der Waals surface area contributed by atoms with Crippen molar-refractivity contribution in [2.75, 3.05) is 29.4 Å². The van der Waals surface area contributed by atoms with Crippen molar-refractivity contribution in [1.29, 1.82) is 0 Å². The van der Waals surface area contributed by atoms with Crippen LogP contribution in [0.4, 0.5) is 15.8 Å². The molecule has 10 heteroatoms. The van der Waals surface area contributed by atoms with E-state index in [-0.39, 0.29) is 10.6 Å². The summed E-state index contributed by atoms with van der Waals surface area (Å²) in [7, 11) is -4.13. The zero-order valence-electron chi connectivity index (χ0n) is 16.9. The Labute approximate surface area is 184 Å². The van der Waals surface area contributed by atoms with Crippen molar-refractivity contribution >= 4 is 27.3 Å². The molecule has 0 atom stereocenters. The fourth-order valence-corrected chi connectivity index (χ4v) is 4.51. The minimum atomic E-state index is -4.13. The van der Waals surface area contributed by atoms with Crippen LogP contribution in [0, 0.1) is 5.82 Å². The molecule has 4 rings (SSSR count). The Kier molecular flexibility index (Phi) is 6.22. The van der Waals surface area contributed by atoms with Crippen molar-refractivity contribution in [3.63, 3.8) is 0 Å². The minimum absolute atomic E-state index is 0.0901. The van der Waals surface area contributed by atoms with Crippen LogP contribution in [-0.2, 0) is 14.8 Å². The fraction of sp³-hybridized carbons (Fsp3) is 0.182. The molecule has 0 aliphatic carbocycles. The Morgan fingerprint density at radius 1 is 1.06 bits per heavy atom. The lowest BCUT2D eigenvalue weighted by Gasteiger charge is -2.24. The molecule has 2 heterocycles. The summed E-state index contributed by atoms with van der Waals surface area (Å²) in [6.45, 7) is 0.501. The van der Waals surface area contributed by atoms with Crippen molar-refractivity contribution in [2.24, 2.45) is 0 Å². The summed E-state index contributed by atoms with van der Waals surface area (Å²) in [5.41, 5.74) is 0.571. The van der Waals surface area contributed by atoms with Gasteiger partial charge in [0, 0.05) is 30.6 Å². The van der Waals surface area contributed by atoms with E-state index in [0.717, 1.165) is 22.9 Å². The number of pyridine rings is 1. The van der Waals surface area contributed by atoms with Crippen LogP contribution in [-0.4, -0.2) is 39.1 Å². The molecule has 1 aliphatic heterocycles. The van der Waals surface area contributed by atoms with Gasteiger partial charge in [-0.1, -0.05) is 0 Å². The zero-order valence-corrected chi connectivity index (χ0v) is 17.7. The maximum atomic E-state index is 13.4. The number of nitrogens with one attached hydrogen (secondary N) is 1. The van der Waals surface area contributed by atoms with Gasteiger partial charge in [0.05, 0.1) is 18.9 Å². The van der Waals surface area contributed by atoms with Crippen LogP contribution in [0.2, 0.25) is 0 Å². The number of carbonyl (C=O) groups excluding carboxylic acids is 1. The maximum Gasteiger partial charge on any atom is 0.266 e. The standard InChI is InChI=1S/C22H20FN3O5S/c23-16-4-7-18(8-5-16)26(32(28,29)19-3-1-10-24-14-19)15-22(27)25-17-6-9-20-21(13-17)31-12-2-11-30-20/h1,3-10,13-14H,2,11-12,15H2,(H,25,27). The second-order valence-electron chi connectivity index (χ2n) is 6.94. The number of amides is 1. The number of carbonyl (C=O) groups is 1. The Morgan fingerprint density at radius 2 is 1.81 bits per heavy atom. The molecule has 8 nitrogen and oxygen atoms in total. The van der Waals surface area contributed by atoms with Crippen LogP contribution in [0.5, 0.6) is 11.5 Å². The Balaban J connectivity index is 1.59. The van der Waals surface area contributed by atoms with Gasteiger partial charge in [0.25, 0.3) is 10.0 Å². The monoisotopic (exact) mass is 457 g/mol. The number of hydrogen-bond donors (Lipinski definition) is 1. The number of benzene rings is 2. The highest BCUT2D eigenvalue weighted by Gasteiger charge is 2.27. The maximum absolute atomic E-state index is 13.4. The number of rotatable bonds is 6. The summed E-state index contributed by atoms with van der Waals surface area (Å²) in [5.74, 6) is -0.0355. The van der Waals surface area contributed by atoms with E-state index in [2.05, 4.69) is 10.3 Å². The molecule has 0 fully saturated rings. The molecule has 1 aromatic heterocycles. The molecule has 0 bridgehead atoms. The van der Waals surface area contributed by atoms with Gasteiger partial charge in [-0.2, -0.15) is 0 Å². The van der Waals surface area contributed by atoms with Crippen LogP contribution >= 0.6 is 0 Å². The summed E-state index contributed by atoms with van der Waals surface area (Å²) in [5, 5.41) is 2.68. The molecule has 0 saturated heterocycles. The number of anilines is 2. The lowest BCUT2D eigenvalue weighted by molar-refractivity contribution is -0.114. The quantitative estimate of drug-likeness (QED) is 0.611. The summed E-state index contributed by atoms with van der Waals surface area (Å²) < 4.78 is 51.9. The molecule has 2 aromatic carbocycles. The molecule has 0 spiro atoms. The molecule has 1 N–H and O–H groups in total. The fourth-order valence-electron chi connectivity index (χ4n) is 3.12. The normalized spacial score (nSPS) is 13.2. The van der Waals surface area contributed by atoms with Gasteiger partial charge in [-0.15, -0.1) is 0 Å². The highest BCUT2D eigenvalue weighted by molar-refractivity contribution is 7.92. The van der Waals surface area contributed by atoms with E-state index in [0.29, 0.717) is 30.4 Å². The van der Waals surface area contributed by atoms with E-state index in [9.17, 15) is 17.6 Å². The van der Waals surface area contributed by atoms with Gasteiger partial charge >= 0.3 is 0 Å². The van der Waals surface area contributed by atoms with E-state index >= 15 is 0 Å². The summed E-state index contributed by atoms with van der Waals surface area (Å²) in [4.78, 5) is 16.6. The van der Waals surface area contributed by atoms with Gasteiger partial charge in [-0.05, 0) is 48.5 Å². The predicted octanol–water partition coefficient (Wildman–Crippen LogP) is 3.22. The smallest absolute Gasteiger partial charge is 0.266 e. The number of sulfonamides is 1. The largest absolute Gasteiger partial charge is 0.490 e. The topological polar surface area (TPSA) is 97.8 Å². The third kappa shape index (κ3) is 4.80. The zero-order chi connectivity index (χ0) is 22.6. The first kappa shape index (κ1) is 21.6. The highest BCUT2D eigenvalue weighted by atomic mass is 32.2. The van der Waals surface area contributed by atoms with Crippen LogP contribution in [0.15, 0.2) is 71.9 Å². The summed E-state index contributed by atoms with van der Waals surface area (Å²) >= 11 is 0. The van der Waals surface area contributed by atoms with Gasteiger partial charge in [-0.3, -0.25) is 14.1 Å². The average Bonchev–Trinajstić information content (AvgIpc) is 3.04. The second-order valence-corrected chi connectivity index (χ2v) is 8.80. The summed E-state index contributed by atoms with van der Waals surface area (Å²) in [6, 6.07) is 12.6. The van der Waals surface area contributed by atoms with E-state index in [1.165, 1.54) is 36.7 Å². The van der Waals surface area contributed by atoms with E-state index in [4.69, 9.17) is 9.47 Å². The number of hydrogen-bond acceptors (Lipinski definition) is 6. The van der Waals surface area contributed by atoms with Gasteiger partial charge in [-0.25, -0.2) is 12.8 Å². The van der Waals surface area contributed by atoms with Crippen molar-refractivity contribution in [3.8, 4) is 11.5 Å². The number of nitrogens with zero attached hydrogens (tertiary/aromatic N) is 2. The molecule has 166 valence electrons. The van der Waals surface area contributed by atoms with Gasteiger partial charge in [0.1, 0.15) is 17.3 Å². The van der Waals surface area contributed by atoms with Crippen molar-refractivity contribution in [3.05, 3.63) is 72.8 Å². The van der Waals surface area contributed by atoms with Crippen LogP contribution in [0.1, 0.15) is 6.42 Å². The molecule has 0 unspecified atom stereocenters. The third-order valence-electron chi connectivity index (χ3n) is 4.66. The van der Waals surface area contributed by atoms with Crippen LogP contribution < -0.4 is 19.1 Å². The first-order valence-corrected chi connectivity index (χ1v) is 11.3. The minimum Gasteiger partial charge on any atom is -0.490 e. The first-order chi connectivity index (χ1) is 15.4. The van der Waals surface area contributed by atoms with E-state index in [1.807, 2.05) is 0 Å². The van der Waals surface area contributed by atoms with Gasteiger partial charge in [0.2, 0.25) is 5.91 Å². The molecule has 0 radical (unpaired) electrons. The van der Waals surface area contributed by atoms with E-state index in [1.54, 1.807) is 18.2 Å². The third-order valence-corrected chi connectivity index (χ3v) is 6.41. The lowest BCUT2D eigenvalue weighted by atomic mass is 10.2. The predicted molar refractivity (Wildman–Crippen MR) is 116 cm³/mol. The van der Waals surface area contributed by atoms with Gasteiger partial charge < -0.3 is 14.8 Å². The van der Waals surface area contributed by atoms with Crippen LogP contribution in [0.3, 0.4) is 0 Å². The second kappa shape index (κ2) is 9.23. The summed E-state index contributed by atoms with van der Waals surface area (Å²) in [6.07, 6.45) is 3.38. The Hall–Kier alpha value is -3.66. The molecule has 32 heavy (non-hydrogen) atoms. The molecule has 0 saturated carbocycles. The lowest BCUT2D eigenvalue weighted by Crippen LogP contribution is -2.38. The van der Waals surface area contributed by atoms with Crippen molar-refractivity contribution < 1.29 is 27.1 Å². The van der Waals surface area contributed by atoms with Crippen molar-refractivity contribution in [2.45, 2.75) is 11.3 Å². The SMILES string of the molecule is O=C(CN(c1ccc(F)cc1)S(=O)(=O)c1cccnc1)Nc1ccc2c(c1)OCCCO2. The number of halogens is 1. The molecular weight excluding hydrogens is 437 g/mol. The highest BCUT2D eigenvalue weighted by Crippen LogP contribution is 2.32. The molecular formula is C22H20FN3O5S. The molecule has 3 aromatic rings. The molecule has 1 amide bonds. The average molecular weight is 457 g/mol. The first-order valence-electron chi connectivity index (χ1n) is 9.81. The van der Waals surface area contributed by atoms with Crippen molar-refractivity contribution in [1.82, 2.24) is 4.98 Å². The number of ether oxygens (including phenoxy) is 2. The Bertz CT molecular complexity index is 1200. The number of aromatic nitrogens is 1.